The smallest absolute Gasteiger partial charge is 0.282 e. The molecule has 3 rings (SSSR count). The summed E-state index contributed by atoms with van der Waals surface area (Å²) in [6.45, 7) is 4.87. The minimum Gasteiger partial charge on any atom is -0.379 e. The molecular weight excluding hydrogens is 328 g/mol. The standard InChI is InChI=1S/C16H26N4O3S/c1-18(2)24(21,22)20-7-3-4-16(20)15-6-5-14(12-17-15)13-19-8-10-23-11-9-19/h5-6,12,16H,3-4,7-11,13H2,1-2H3. The monoisotopic (exact) mass is 354 g/mol. The van der Waals surface area contributed by atoms with E-state index in [-0.39, 0.29) is 6.04 Å². The number of pyridine rings is 1. The number of rotatable bonds is 5. The van der Waals surface area contributed by atoms with E-state index >= 15 is 0 Å². The molecule has 0 aliphatic carbocycles. The summed E-state index contributed by atoms with van der Waals surface area (Å²) in [7, 11) is -0.256. The summed E-state index contributed by atoms with van der Waals surface area (Å²) >= 11 is 0. The van der Waals surface area contributed by atoms with E-state index in [1.54, 1.807) is 18.4 Å². The molecule has 7 nitrogen and oxygen atoms in total. The van der Waals surface area contributed by atoms with Gasteiger partial charge in [0, 0.05) is 46.5 Å². The molecule has 0 N–H and O–H groups in total. The number of hydrogen-bond donors (Lipinski definition) is 0. The van der Waals surface area contributed by atoms with Gasteiger partial charge in [-0.25, -0.2) is 0 Å². The first-order valence-electron chi connectivity index (χ1n) is 8.43. The molecule has 24 heavy (non-hydrogen) atoms. The van der Waals surface area contributed by atoms with Gasteiger partial charge in [0.2, 0.25) is 0 Å². The Hall–Kier alpha value is -1.06. The summed E-state index contributed by atoms with van der Waals surface area (Å²) in [6.07, 6.45) is 3.57. The molecule has 1 unspecified atom stereocenters. The van der Waals surface area contributed by atoms with Crippen molar-refractivity contribution in [1.82, 2.24) is 18.5 Å². The van der Waals surface area contributed by atoms with E-state index in [0.29, 0.717) is 6.54 Å². The van der Waals surface area contributed by atoms with Gasteiger partial charge in [-0.05, 0) is 24.5 Å². The van der Waals surface area contributed by atoms with Gasteiger partial charge in [0.1, 0.15) is 0 Å². The molecule has 1 aromatic heterocycles. The van der Waals surface area contributed by atoms with Crippen LogP contribution in [0.2, 0.25) is 0 Å². The van der Waals surface area contributed by atoms with Crippen molar-refractivity contribution in [2.24, 2.45) is 0 Å². The Morgan fingerprint density at radius 3 is 2.62 bits per heavy atom. The molecule has 0 bridgehead atoms. The van der Waals surface area contributed by atoms with E-state index in [9.17, 15) is 8.42 Å². The summed E-state index contributed by atoms with van der Waals surface area (Å²) in [5, 5.41) is 0. The molecule has 0 spiro atoms. The minimum atomic E-state index is -3.40. The molecule has 3 heterocycles. The van der Waals surface area contributed by atoms with Crippen LogP contribution in [0.3, 0.4) is 0 Å². The molecule has 134 valence electrons. The lowest BCUT2D eigenvalue weighted by Gasteiger charge is -2.27. The topological polar surface area (TPSA) is 66.0 Å². The first kappa shape index (κ1) is 17.8. The molecule has 2 fully saturated rings. The predicted molar refractivity (Wildman–Crippen MR) is 91.6 cm³/mol. The molecule has 0 radical (unpaired) electrons. The molecule has 1 aromatic rings. The van der Waals surface area contributed by atoms with Crippen LogP contribution in [0.25, 0.3) is 0 Å². The van der Waals surface area contributed by atoms with Gasteiger partial charge in [0.15, 0.2) is 0 Å². The van der Waals surface area contributed by atoms with Crippen LogP contribution in [0.1, 0.15) is 30.1 Å². The second kappa shape index (κ2) is 7.45. The fourth-order valence-electron chi connectivity index (χ4n) is 3.27. The zero-order chi connectivity index (χ0) is 17.2. The van der Waals surface area contributed by atoms with Gasteiger partial charge in [-0.2, -0.15) is 17.0 Å². The first-order valence-corrected chi connectivity index (χ1v) is 9.82. The van der Waals surface area contributed by atoms with E-state index in [0.717, 1.165) is 56.9 Å². The SMILES string of the molecule is CN(C)S(=O)(=O)N1CCCC1c1ccc(CN2CCOCC2)cn1. The zero-order valence-electron chi connectivity index (χ0n) is 14.4. The number of hydrogen-bond acceptors (Lipinski definition) is 5. The van der Waals surface area contributed by atoms with Crippen molar-refractivity contribution in [3.05, 3.63) is 29.6 Å². The normalized spacial score (nSPS) is 23.9. The summed E-state index contributed by atoms with van der Waals surface area (Å²) in [6, 6.07) is 3.88. The average molecular weight is 354 g/mol. The second-order valence-corrected chi connectivity index (χ2v) is 8.63. The summed E-state index contributed by atoms with van der Waals surface area (Å²) in [4.78, 5) is 6.91. The van der Waals surface area contributed by atoms with Gasteiger partial charge in [0.05, 0.1) is 24.9 Å². The Kier molecular flexibility index (Phi) is 5.51. The Balaban J connectivity index is 1.70. The van der Waals surface area contributed by atoms with Crippen LogP contribution < -0.4 is 0 Å². The van der Waals surface area contributed by atoms with Gasteiger partial charge >= 0.3 is 0 Å². The van der Waals surface area contributed by atoms with Crippen LogP contribution >= 0.6 is 0 Å². The Bertz CT molecular complexity index is 642. The van der Waals surface area contributed by atoms with Crippen molar-refractivity contribution in [3.63, 3.8) is 0 Å². The molecule has 0 aromatic carbocycles. The highest BCUT2D eigenvalue weighted by molar-refractivity contribution is 7.86. The highest BCUT2D eigenvalue weighted by Crippen LogP contribution is 2.33. The van der Waals surface area contributed by atoms with Gasteiger partial charge in [-0.1, -0.05) is 6.07 Å². The van der Waals surface area contributed by atoms with E-state index < -0.39 is 10.2 Å². The first-order chi connectivity index (χ1) is 11.5. The third-order valence-corrected chi connectivity index (χ3v) is 6.61. The van der Waals surface area contributed by atoms with Gasteiger partial charge in [-0.3, -0.25) is 9.88 Å². The maximum Gasteiger partial charge on any atom is 0.282 e. The third-order valence-electron chi connectivity index (χ3n) is 4.66. The fraction of sp³-hybridized carbons (Fsp3) is 0.688. The van der Waals surface area contributed by atoms with Crippen molar-refractivity contribution in [3.8, 4) is 0 Å². The van der Waals surface area contributed by atoms with E-state index in [2.05, 4.69) is 16.0 Å². The summed E-state index contributed by atoms with van der Waals surface area (Å²) < 4.78 is 33.1. The van der Waals surface area contributed by atoms with Crippen LogP contribution in [-0.4, -0.2) is 73.9 Å². The lowest BCUT2D eigenvalue weighted by molar-refractivity contribution is 0.0341. The molecule has 2 saturated heterocycles. The lowest BCUT2D eigenvalue weighted by Crippen LogP contribution is -2.39. The molecule has 1 atom stereocenters. The zero-order valence-corrected chi connectivity index (χ0v) is 15.2. The number of ether oxygens (including phenoxy) is 1. The molecule has 0 amide bonds. The average Bonchev–Trinajstić information content (AvgIpc) is 3.07. The summed E-state index contributed by atoms with van der Waals surface area (Å²) in [5.74, 6) is 0. The molecule has 2 aliphatic heterocycles. The van der Waals surface area contributed by atoms with Gasteiger partial charge in [-0.15, -0.1) is 0 Å². The van der Waals surface area contributed by atoms with E-state index in [1.165, 1.54) is 4.31 Å². The largest absolute Gasteiger partial charge is 0.379 e. The van der Waals surface area contributed by atoms with Crippen LogP contribution in [-0.2, 0) is 21.5 Å². The highest BCUT2D eigenvalue weighted by Gasteiger charge is 2.37. The van der Waals surface area contributed by atoms with Crippen LogP contribution in [0.15, 0.2) is 18.3 Å². The van der Waals surface area contributed by atoms with Crippen LogP contribution in [0.5, 0.6) is 0 Å². The van der Waals surface area contributed by atoms with Gasteiger partial charge in [0.25, 0.3) is 10.2 Å². The van der Waals surface area contributed by atoms with Crippen molar-refractivity contribution in [1.29, 1.82) is 0 Å². The van der Waals surface area contributed by atoms with Gasteiger partial charge < -0.3 is 4.74 Å². The lowest BCUT2D eigenvalue weighted by atomic mass is 10.1. The van der Waals surface area contributed by atoms with Crippen molar-refractivity contribution < 1.29 is 13.2 Å². The molecular formula is C16H26N4O3S. The maximum absolute atomic E-state index is 12.5. The Morgan fingerprint density at radius 1 is 1.25 bits per heavy atom. The second-order valence-electron chi connectivity index (χ2n) is 6.54. The number of morpholine rings is 1. The van der Waals surface area contributed by atoms with Crippen molar-refractivity contribution in [2.75, 3.05) is 46.9 Å². The highest BCUT2D eigenvalue weighted by atomic mass is 32.2. The predicted octanol–water partition coefficient (Wildman–Crippen LogP) is 0.857. The quantitative estimate of drug-likeness (QED) is 0.785. The third kappa shape index (κ3) is 3.78. The Morgan fingerprint density at radius 2 is 2.00 bits per heavy atom. The fourth-order valence-corrected chi connectivity index (χ4v) is 4.58. The maximum atomic E-state index is 12.5. The number of nitrogens with zero attached hydrogens (tertiary/aromatic N) is 4. The molecule has 2 aliphatic rings. The number of aromatic nitrogens is 1. The van der Waals surface area contributed by atoms with Crippen molar-refractivity contribution in [2.45, 2.75) is 25.4 Å². The minimum absolute atomic E-state index is 0.158. The van der Waals surface area contributed by atoms with Crippen LogP contribution in [0.4, 0.5) is 0 Å². The molecule has 8 heteroatoms. The summed E-state index contributed by atoms with van der Waals surface area (Å²) in [5.41, 5.74) is 1.99. The molecule has 0 saturated carbocycles. The van der Waals surface area contributed by atoms with Crippen molar-refractivity contribution >= 4 is 10.2 Å². The Labute approximate surface area is 144 Å². The van der Waals surface area contributed by atoms with Crippen LogP contribution in [0, 0.1) is 0 Å². The van der Waals surface area contributed by atoms with E-state index in [1.807, 2.05) is 12.3 Å². The van der Waals surface area contributed by atoms with E-state index in [4.69, 9.17) is 4.74 Å².